The third-order valence-electron chi connectivity index (χ3n) is 2.42. The molecule has 100 valence electrons. The molecule has 0 saturated carbocycles. The standard InChI is InChI=1S/C11H13N5O3/c1-11(2,19)10(18)15-14-9(17)6-3-4-7-8(5-6)13-16-12-7/h3-5,19H,1-2H3,(H,14,17)(H,15,18)(H,12,13,16). The summed E-state index contributed by atoms with van der Waals surface area (Å²) in [6, 6.07) is 4.71. The number of aliphatic hydroxyl groups is 1. The number of amides is 2. The van der Waals surface area contributed by atoms with Crippen LogP contribution in [0.1, 0.15) is 24.2 Å². The summed E-state index contributed by atoms with van der Waals surface area (Å²) >= 11 is 0. The first-order valence-electron chi connectivity index (χ1n) is 5.51. The quantitative estimate of drug-likeness (QED) is 0.544. The van der Waals surface area contributed by atoms with Crippen LogP contribution in [0.5, 0.6) is 0 Å². The van der Waals surface area contributed by atoms with Gasteiger partial charge in [-0.25, -0.2) is 0 Å². The summed E-state index contributed by atoms with van der Waals surface area (Å²) in [5.41, 5.74) is 4.27. The number of nitrogens with zero attached hydrogens (tertiary/aromatic N) is 2. The molecule has 0 aliphatic carbocycles. The third kappa shape index (κ3) is 2.86. The fourth-order valence-electron chi connectivity index (χ4n) is 1.32. The molecule has 0 bridgehead atoms. The molecule has 0 unspecified atom stereocenters. The SMILES string of the molecule is CC(C)(O)C(=O)NNC(=O)c1ccc2n[nH]nc2c1. The molecule has 8 nitrogen and oxygen atoms in total. The summed E-state index contributed by atoms with van der Waals surface area (Å²) in [4.78, 5) is 23.1. The molecule has 19 heavy (non-hydrogen) atoms. The Hall–Kier alpha value is -2.48. The Bertz CT molecular complexity index is 629. The third-order valence-corrected chi connectivity index (χ3v) is 2.42. The molecule has 0 fully saturated rings. The minimum absolute atomic E-state index is 0.317. The summed E-state index contributed by atoms with van der Waals surface area (Å²) < 4.78 is 0. The number of rotatable bonds is 2. The Morgan fingerprint density at radius 2 is 1.89 bits per heavy atom. The van der Waals surface area contributed by atoms with Crippen molar-refractivity contribution in [3.63, 3.8) is 0 Å². The van der Waals surface area contributed by atoms with Crippen molar-refractivity contribution in [2.45, 2.75) is 19.4 Å². The van der Waals surface area contributed by atoms with Gasteiger partial charge in [-0.15, -0.1) is 0 Å². The minimum Gasteiger partial charge on any atom is -0.381 e. The lowest BCUT2D eigenvalue weighted by molar-refractivity contribution is -0.137. The van der Waals surface area contributed by atoms with E-state index in [9.17, 15) is 14.7 Å². The zero-order valence-electron chi connectivity index (χ0n) is 10.4. The fourth-order valence-corrected chi connectivity index (χ4v) is 1.32. The van der Waals surface area contributed by atoms with Crippen LogP contribution in [0.3, 0.4) is 0 Å². The molecular formula is C11H13N5O3. The molecule has 0 radical (unpaired) electrons. The second-order valence-corrected chi connectivity index (χ2v) is 4.49. The highest BCUT2D eigenvalue weighted by Gasteiger charge is 2.24. The maximum Gasteiger partial charge on any atom is 0.269 e. The van der Waals surface area contributed by atoms with Crippen LogP contribution >= 0.6 is 0 Å². The highest BCUT2D eigenvalue weighted by atomic mass is 16.3. The van der Waals surface area contributed by atoms with Crippen LogP contribution in [-0.2, 0) is 4.79 Å². The summed E-state index contributed by atoms with van der Waals surface area (Å²) in [7, 11) is 0. The highest BCUT2D eigenvalue weighted by molar-refractivity contribution is 5.98. The van der Waals surface area contributed by atoms with Crippen LogP contribution in [-0.4, -0.2) is 37.9 Å². The number of fused-ring (bicyclic) bond motifs is 1. The van der Waals surface area contributed by atoms with Crippen molar-refractivity contribution in [3.05, 3.63) is 23.8 Å². The van der Waals surface area contributed by atoms with Gasteiger partial charge in [0.05, 0.1) is 0 Å². The van der Waals surface area contributed by atoms with E-state index in [1.165, 1.54) is 19.9 Å². The Morgan fingerprint density at radius 1 is 1.21 bits per heavy atom. The van der Waals surface area contributed by atoms with Gasteiger partial charge in [0.25, 0.3) is 11.8 Å². The van der Waals surface area contributed by atoms with Crippen molar-refractivity contribution in [3.8, 4) is 0 Å². The van der Waals surface area contributed by atoms with Gasteiger partial charge in [-0.2, -0.15) is 15.4 Å². The number of aromatic amines is 1. The maximum atomic E-state index is 11.8. The first-order valence-corrected chi connectivity index (χ1v) is 5.51. The average Bonchev–Trinajstić information content (AvgIpc) is 2.81. The van der Waals surface area contributed by atoms with E-state index in [1.807, 2.05) is 0 Å². The number of nitrogens with one attached hydrogen (secondary N) is 3. The first-order chi connectivity index (χ1) is 8.88. The lowest BCUT2D eigenvalue weighted by atomic mass is 10.1. The monoisotopic (exact) mass is 263 g/mol. The molecular weight excluding hydrogens is 250 g/mol. The van der Waals surface area contributed by atoms with Gasteiger partial charge in [0, 0.05) is 5.56 Å². The summed E-state index contributed by atoms with van der Waals surface area (Å²) in [6.45, 7) is 2.63. The number of aromatic nitrogens is 3. The van der Waals surface area contributed by atoms with Crippen molar-refractivity contribution in [1.29, 1.82) is 0 Å². The number of benzene rings is 1. The maximum absolute atomic E-state index is 11.8. The lowest BCUT2D eigenvalue weighted by Crippen LogP contribution is -2.50. The number of carbonyl (C=O) groups excluding carboxylic acids is 2. The van der Waals surface area contributed by atoms with E-state index in [1.54, 1.807) is 12.1 Å². The van der Waals surface area contributed by atoms with Gasteiger partial charge in [-0.3, -0.25) is 20.4 Å². The van der Waals surface area contributed by atoms with E-state index >= 15 is 0 Å². The van der Waals surface area contributed by atoms with Crippen molar-refractivity contribution in [1.82, 2.24) is 26.3 Å². The van der Waals surface area contributed by atoms with Crippen molar-refractivity contribution < 1.29 is 14.7 Å². The van der Waals surface area contributed by atoms with Crippen LogP contribution in [0.2, 0.25) is 0 Å². The van der Waals surface area contributed by atoms with Gasteiger partial charge in [-0.05, 0) is 32.0 Å². The van der Waals surface area contributed by atoms with E-state index in [0.29, 0.717) is 16.6 Å². The first kappa shape index (κ1) is 13.0. The van der Waals surface area contributed by atoms with Gasteiger partial charge in [-0.1, -0.05) is 0 Å². The predicted molar refractivity (Wildman–Crippen MR) is 65.8 cm³/mol. The van der Waals surface area contributed by atoms with Crippen LogP contribution in [0.4, 0.5) is 0 Å². The molecule has 0 atom stereocenters. The summed E-state index contributed by atoms with van der Waals surface area (Å²) in [5.74, 6) is -1.22. The van der Waals surface area contributed by atoms with E-state index < -0.39 is 17.4 Å². The zero-order chi connectivity index (χ0) is 14.0. The number of H-pyrrole nitrogens is 1. The Kier molecular flexibility index (Phi) is 3.17. The number of hydrogen-bond acceptors (Lipinski definition) is 5. The molecule has 0 aliphatic rings. The van der Waals surface area contributed by atoms with E-state index in [4.69, 9.17) is 0 Å². The molecule has 2 rings (SSSR count). The van der Waals surface area contributed by atoms with Gasteiger partial charge in [0.15, 0.2) is 0 Å². The summed E-state index contributed by atoms with van der Waals surface area (Å²) in [5, 5.41) is 19.5. The van der Waals surface area contributed by atoms with Crippen LogP contribution in [0, 0.1) is 0 Å². The fraction of sp³-hybridized carbons (Fsp3) is 0.273. The number of carbonyl (C=O) groups is 2. The second-order valence-electron chi connectivity index (χ2n) is 4.49. The van der Waals surface area contributed by atoms with Crippen molar-refractivity contribution in [2.24, 2.45) is 0 Å². The van der Waals surface area contributed by atoms with Gasteiger partial charge in [0.1, 0.15) is 16.6 Å². The smallest absolute Gasteiger partial charge is 0.269 e. The topological polar surface area (TPSA) is 120 Å². The largest absolute Gasteiger partial charge is 0.381 e. The molecule has 0 saturated heterocycles. The zero-order valence-corrected chi connectivity index (χ0v) is 10.4. The van der Waals surface area contributed by atoms with Gasteiger partial charge >= 0.3 is 0 Å². The molecule has 1 aromatic carbocycles. The van der Waals surface area contributed by atoms with Crippen LogP contribution in [0.15, 0.2) is 18.2 Å². The molecule has 0 spiro atoms. The average molecular weight is 263 g/mol. The number of hydrogen-bond donors (Lipinski definition) is 4. The highest BCUT2D eigenvalue weighted by Crippen LogP contribution is 2.10. The van der Waals surface area contributed by atoms with Gasteiger partial charge in [0.2, 0.25) is 0 Å². The molecule has 2 aromatic rings. The molecule has 1 heterocycles. The minimum atomic E-state index is -1.57. The number of hydrazine groups is 1. The van der Waals surface area contributed by atoms with Crippen molar-refractivity contribution in [2.75, 3.05) is 0 Å². The van der Waals surface area contributed by atoms with E-state index in [0.717, 1.165) is 0 Å². The van der Waals surface area contributed by atoms with Gasteiger partial charge < -0.3 is 5.11 Å². The lowest BCUT2D eigenvalue weighted by Gasteiger charge is -2.16. The molecule has 0 aliphatic heterocycles. The van der Waals surface area contributed by atoms with Crippen molar-refractivity contribution >= 4 is 22.8 Å². The van der Waals surface area contributed by atoms with E-state index in [-0.39, 0.29) is 0 Å². The molecule has 4 N–H and O–H groups in total. The molecule has 8 heteroatoms. The molecule has 1 aromatic heterocycles. The van der Waals surface area contributed by atoms with Crippen LogP contribution < -0.4 is 10.9 Å². The van der Waals surface area contributed by atoms with Crippen LogP contribution in [0.25, 0.3) is 11.0 Å². The Labute approximate surface area is 108 Å². The Morgan fingerprint density at radius 3 is 2.58 bits per heavy atom. The normalized spacial score (nSPS) is 11.3. The Balaban J connectivity index is 2.05. The molecule has 2 amide bonds. The predicted octanol–water partition coefficient (Wildman–Crippen LogP) is -0.510. The van der Waals surface area contributed by atoms with E-state index in [2.05, 4.69) is 26.3 Å². The summed E-state index contributed by atoms with van der Waals surface area (Å²) in [6.07, 6.45) is 0. The second kappa shape index (κ2) is 4.65.